The van der Waals surface area contributed by atoms with E-state index in [4.69, 9.17) is 4.74 Å². The number of phenolic OH excluding ortho intramolecular Hbond substituents is 1. The summed E-state index contributed by atoms with van der Waals surface area (Å²) in [6.45, 7) is 4.34. The number of nitrogens with zero attached hydrogens (tertiary/aromatic N) is 1. The van der Waals surface area contributed by atoms with Gasteiger partial charge in [-0.3, -0.25) is 9.69 Å². The SMILES string of the molecule is COc1ccc(C)cc1.O=C(CN1C[C@H]2CC(O)C[C@H]2C1)c1ccc(O)cc1. The van der Waals surface area contributed by atoms with Gasteiger partial charge in [0.2, 0.25) is 0 Å². The van der Waals surface area contributed by atoms with Crippen molar-refractivity contribution in [2.45, 2.75) is 25.9 Å². The molecule has 150 valence electrons. The Balaban J connectivity index is 0.000000211. The number of ether oxygens (including phenoxy) is 1. The molecular formula is C23H29NO4. The number of fused-ring (bicyclic) bond motifs is 1. The van der Waals surface area contributed by atoms with Gasteiger partial charge >= 0.3 is 0 Å². The van der Waals surface area contributed by atoms with Crippen LogP contribution in [0.2, 0.25) is 0 Å². The van der Waals surface area contributed by atoms with Gasteiger partial charge in [0.15, 0.2) is 5.78 Å². The molecule has 0 aromatic heterocycles. The minimum absolute atomic E-state index is 0.0977. The Morgan fingerprint density at radius 2 is 1.61 bits per heavy atom. The van der Waals surface area contributed by atoms with Crippen molar-refractivity contribution in [3.05, 3.63) is 59.7 Å². The van der Waals surface area contributed by atoms with Crippen molar-refractivity contribution in [1.29, 1.82) is 0 Å². The van der Waals surface area contributed by atoms with Crippen molar-refractivity contribution in [2.75, 3.05) is 26.7 Å². The maximum Gasteiger partial charge on any atom is 0.176 e. The number of aromatic hydroxyl groups is 1. The fourth-order valence-electron chi connectivity index (χ4n) is 4.11. The molecule has 5 nitrogen and oxygen atoms in total. The molecule has 28 heavy (non-hydrogen) atoms. The first-order chi connectivity index (χ1) is 13.4. The fraction of sp³-hybridized carbons (Fsp3) is 0.435. The zero-order chi connectivity index (χ0) is 20.1. The van der Waals surface area contributed by atoms with Crippen molar-refractivity contribution in [3.63, 3.8) is 0 Å². The van der Waals surface area contributed by atoms with Crippen LogP contribution in [0.4, 0.5) is 0 Å². The third-order valence-corrected chi connectivity index (χ3v) is 5.61. The number of phenols is 1. The summed E-state index contributed by atoms with van der Waals surface area (Å²) in [6.07, 6.45) is 1.63. The smallest absolute Gasteiger partial charge is 0.176 e. The van der Waals surface area contributed by atoms with E-state index in [-0.39, 0.29) is 17.6 Å². The summed E-state index contributed by atoms with van der Waals surface area (Å²) in [6, 6.07) is 14.4. The highest BCUT2D eigenvalue weighted by Gasteiger charge is 2.40. The number of carbonyl (C=O) groups is 1. The summed E-state index contributed by atoms with van der Waals surface area (Å²) in [5.74, 6) is 2.31. The zero-order valence-electron chi connectivity index (χ0n) is 16.5. The quantitative estimate of drug-likeness (QED) is 0.793. The van der Waals surface area contributed by atoms with Crippen LogP contribution in [0.5, 0.6) is 11.5 Å². The lowest BCUT2D eigenvalue weighted by molar-refractivity contribution is 0.0935. The zero-order valence-corrected chi connectivity index (χ0v) is 16.5. The van der Waals surface area contributed by atoms with Crippen LogP contribution in [0.15, 0.2) is 48.5 Å². The Bertz CT molecular complexity index is 758. The molecule has 2 N–H and O–H groups in total. The predicted octanol–water partition coefficient (Wildman–Crippen LogP) is 3.28. The molecule has 1 unspecified atom stereocenters. The van der Waals surface area contributed by atoms with E-state index in [1.54, 1.807) is 31.4 Å². The third-order valence-electron chi connectivity index (χ3n) is 5.61. The number of likely N-dealkylation sites (tertiary alicyclic amines) is 1. The lowest BCUT2D eigenvalue weighted by Gasteiger charge is -2.16. The van der Waals surface area contributed by atoms with Crippen molar-refractivity contribution < 1.29 is 19.7 Å². The average molecular weight is 383 g/mol. The predicted molar refractivity (Wildman–Crippen MR) is 109 cm³/mol. The monoisotopic (exact) mass is 383 g/mol. The van der Waals surface area contributed by atoms with Crippen molar-refractivity contribution >= 4 is 5.78 Å². The maximum atomic E-state index is 12.1. The topological polar surface area (TPSA) is 70.0 Å². The molecule has 0 spiro atoms. The minimum atomic E-state index is -0.134. The first-order valence-corrected chi connectivity index (χ1v) is 9.78. The van der Waals surface area contributed by atoms with Gasteiger partial charge in [-0.05, 0) is 68.0 Å². The highest BCUT2D eigenvalue weighted by Crippen LogP contribution is 2.37. The fourth-order valence-corrected chi connectivity index (χ4v) is 4.11. The Labute approximate surface area is 166 Å². The van der Waals surface area contributed by atoms with E-state index >= 15 is 0 Å². The van der Waals surface area contributed by atoms with Crippen LogP contribution in [0.1, 0.15) is 28.8 Å². The van der Waals surface area contributed by atoms with Crippen molar-refractivity contribution in [1.82, 2.24) is 4.90 Å². The minimum Gasteiger partial charge on any atom is -0.508 e. The highest BCUT2D eigenvalue weighted by atomic mass is 16.5. The number of carbonyl (C=O) groups excluding carboxylic acids is 1. The van der Waals surface area contributed by atoms with E-state index < -0.39 is 0 Å². The molecule has 2 aromatic carbocycles. The van der Waals surface area contributed by atoms with Gasteiger partial charge in [-0.15, -0.1) is 0 Å². The Hall–Kier alpha value is -2.37. The Morgan fingerprint density at radius 1 is 1.04 bits per heavy atom. The molecule has 1 heterocycles. The highest BCUT2D eigenvalue weighted by molar-refractivity contribution is 5.97. The van der Waals surface area contributed by atoms with Crippen LogP contribution in [-0.2, 0) is 0 Å². The summed E-state index contributed by atoms with van der Waals surface area (Å²) >= 11 is 0. The van der Waals surface area contributed by atoms with Crippen LogP contribution in [0, 0.1) is 18.8 Å². The second-order valence-electron chi connectivity index (χ2n) is 7.83. The van der Waals surface area contributed by atoms with E-state index in [1.165, 1.54) is 5.56 Å². The van der Waals surface area contributed by atoms with Crippen LogP contribution in [0.25, 0.3) is 0 Å². The van der Waals surface area contributed by atoms with Crippen LogP contribution < -0.4 is 4.74 Å². The molecule has 1 aliphatic heterocycles. The first-order valence-electron chi connectivity index (χ1n) is 9.78. The Kier molecular flexibility index (Phi) is 6.70. The molecule has 3 atom stereocenters. The lowest BCUT2D eigenvalue weighted by Crippen LogP contribution is -2.29. The standard InChI is InChI=1S/C15H19NO3.C8H10O/c17-13-3-1-10(2-4-13)15(19)9-16-7-11-5-14(18)6-12(11)8-16;1-7-3-5-8(9-2)6-4-7/h1-4,11-12,14,17-18H,5-9H2;3-6H,1-2H3/t11-,12+,14?;. The number of ketones is 1. The van der Waals surface area contributed by atoms with E-state index in [0.717, 1.165) is 31.7 Å². The number of Topliss-reactive ketones (excluding diaryl/α,β-unsaturated/α-hetero) is 1. The number of aliphatic hydroxyl groups excluding tert-OH is 1. The number of methoxy groups -OCH3 is 1. The van der Waals surface area contributed by atoms with Crippen molar-refractivity contribution in [2.24, 2.45) is 11.8 Å². The molecule has 1 saturated heterocycles. The van der Waals surface area contributed by atoms with Crippen molar-refractivity contribution in [3.8, 4) is 11.5 Å². The van der Waals surface area contributed by atoms with E-state index in [0.29, 0.717) is 23.9 Å². The molecule has 4 rings (SSSR count). The normalized spacial score (nSPS) is 23.6. The molecule has 1 saturated carbocycles. The third kappa shape index (κ3) is 5.33. The molecule has 0 radical (unpaired) electrons. The van der Waals surface area contributed by atoms with Gasteiger partial charge in [0.05, 0.1) is 19.8 Å². The van der Waals surface area contributed by atoms with Crippen LogP contribution in [-0.4, -0.2) is 53.7 Å². The number of benzene rings is 2. The number of aryl methyl sites for hydroxylation is 1. The summed E-state index contributed by atoms with van der Waals surface area (Å²) < 4.78 is 4.97. The second-order valence-corrected chi connectivity index (χ2v) is 7.83. The van der Waals surface area contributed by atoms with E-state index in [2.05, 4.69) is 11.8 Å². The van der Waals surface area contributed by atoms with Crippen LogP contribution >= 0.6 is 0 Å². The maximum absolute atomic E-state index is 12.1. The molecule has 5 heteroatoms. The summed E-state index contributed by atoms with van der Waals surface area (Å²) in [4.78, 5) is 14.3. The second kappa shape index (κ2) is 9.22. The van der Waals surface area contributed by atoms with Gasteiger partial charge in [0.25, 0.3) is 0 Å². The number of aliphatic hydroxyl groups is 1. The van der Waals surface area contributed by atoms with Gasteiger partial charge in [-0.2, -0.15) is 0 Å². The summed E-state index contributed by atoms with van der Waals surface area (Å²) in [5.41, 5.74) is 1.91. The first kappa shape index (κ1) is 20.4. The lowest BCUT2D eigenvalue weighted by atomic mass is 10.0. The van der Waals surface area contributed by atoms with Gasteiger partial charge in [-0.25, -0.2) is 0 Å². The number of hydrogen-bond donors (Lipinski definition) is 2. The molecule has 2 aromatic rings. The summed E-state index contributed by atoms with van der Waals surface area (Å²) in [7, 11) is 1.67. The molecule has 2 aliphatic rings. The van der Waals surface area contributed by atoms with Crippen LogP contribution in [0.3, 0.4) is 0 Å². The largest absolute Gasteiger partial charge is 0.508 e. The molecule has 0 bridgehead atoms. The molecule has 1 aliphatic carbocycles. The molecular weight excluding hydrogens is 354 g/mol. The number of rotatable bonds is 4. The van der Waals surface area contributed by atoms with Gasteiger partial charge < -0.3 is 14.9 Å². The molecule has 2 fully saturated rings. The van der Waals surface area contributed by atoms with Gasteiger partial charge in [0, 0.05) is 18.7 Å². The molecule has 0 amide bonds. The average Bonchev–Trinajstić information content (AvgIpc) is 3.20. The Morgan fingerprint density at radius 3 is 2.14 bits per heavy atom. The van der Waals surface area contributed by atoms with Gasteiger partial charge in [-0.1, -0.05) is 17.7 Å². The summed E-state index contributed by atoms with van der Waals surface area (Å²) in [5, 5.41) is 18.8. The van der Waals surface area contributed by atoms with Gasteiger partial charge in [0.1, 0.15) is 11.5 Å². The number of hydrogen-bond acceptors (Lipinski definition) is 5. The van der Waals surface area contributed by atoms with E-state index in [1.807, 2.05) is 24.3 Å². The van der Waals surface area contributed by atoms with E-state index in [9.17, 15) is 15.0 Å².